The number of aliphatic carboxylic acids is 2. The van der Waals surface area contributed by atoms with Crippen LogP contribution in [0.3, 0.4) is 0 Å². The maximum atomic E-state index is 10.8. The minimum atomic E-state index is -1.40. The van der Waals surface area contributed by atoms with Crippen LogP contribution in [0.4, 0.5) is 0 Å². The number of hydrogen-bond donors (Lipinski definition) is 2. The highest BCUT2D eigenvalue weighted by molar-refractivity contribution is 5.84. The van der Waals surface area contributed by atoms with Gasteiger partial charge < -0.3 is 19.7 Å². The molecule has 1 fully saturated rings. The second-order valence-corrected chi connectivity index (χ2v) is 4.42. The molecule has 1 rings (SSSR count). The van der Waals surface area contributed by atoms with Gasteiger partial charge in [0.2, 0.25) is 0 Å². The topological polar surface area (TPSA) is 93.1 Å². The van der Waals surface area contributed by atoms with E-state index in [4.69, 9.17) is 19.7 Å². The zero-order valence-electron chi connectivity index (χ0n) is 10.5. The molecule has 2 unspecified atom stereocenters. The van der Waals surface area contributed by atoms with Gasteiger partial charge >= 0.3 is 11.9 Å². The number of carboxylic acids is 2. The average Bonchev–Trinajstić information content (AvgIpc) is 2.73. The Bertz CT molecular complexity index is 268. The summed E-state index contributed by atoms with van der Waals surface area (Å²) in [5, 5.41) is 17.6. The first kappa shape index (κ1) is 14.9. The Kier molecular flexibility index (Phi) is 6.07. The van der Waals surface area contributed by atoms with E-state index in [9.17, 15) is 9.59 Å². The molecular weight excluding hydrogens is 240 g/mol. The van der Waals surface area contributed by atoms with Crippen molar-refractivity contribution >= 4 is 11.9 Å². The van der Waals surface area contributed by atoms with Crippen molar-refractivity contribution in [1.82, 2.24) is 0 Å². The lowest BCUT2D eigenvalue weighted by molar-refractivity contribution is -0.156. The van der Waals surface area contributed by atoms with Crippen molar-refractivity contribution in [3.8, 4) is 0 Å². The van der Waals surface area contributed by atoms with Crippen LogP contribution in [0.5, 0.6) is 0 Å². The average molecular weight is 260 g/mol. The fourth-order valence-corrected chi connectivity index (χ4v) is 1.93. The van der Waals surface area contributed by atoms with Gasteiger partial charge in [-0.1, -0.05) is 32.6 Å². The van der Waals surface area contributed by atoms with Gasteiger partial charge in [0.1, 0.15) is 0 Å². The molecule has 1 aliphatic heterocycles. The maximum absolute atomic E-state index is 10.8. The standard InChI is InChI=1S/C12H20O6/c1-2-3-4-5-6-7-8-17-9(11(13)14)10(18-8)12(15)16/h8-10H,2-7H2,1H3,(H,13,14)(H,15,16). The van der Waals surface area contributed by atoms with Gasteiger partial charge in [0.25, 0.3) is 0 Å². The van der Waals surface area contributed by atoms with Gasteiger partial charge in [0.15, 0.2) is 18.5 Å². The molecule has 6 nitrogen and oxygen atoms in total. The summed E-state index contributed by atoms with van der Waals surface area (Å²) < 4.78 is 10.2. The summed E-state index contributed by atoms with van der Waals surface area (Å²) >= 11 is 0. The molecular formula is C12H20O6. The summed E-state index contributed by atoms with van der Waals surface area (Å²) in [6, 6.07) is 0. The number of carbonyl (C=O) groups is 2. The minimum absolute atomic E-state index is 0.539. The third-order valence-corrected chi connectivity index (χ3v) is 2.90. The Balaban J connectivity index is 2.32. The highest BCUT2D eigenvalue weighted by Gasteiger charge is 2.45. The van der Waals surface area contributed by atoms with Crippen molar-refractivity contribution in [3.63, 3.8) is 0 Å². The number of unbranched alkanes of at least 4 members (excludes halogenated alkanes) is 4. The van der Waals surface area contributed by atoms with Gasteiger partial charge in [-0.15, -0.1) is 0 Å². The van der Waals surface area contributed by atoms with Crippen LogP contribution < -0.4 is 0 Å². The van der Waals surface area contributed by atoms with E-state index in [1.807, 2.05) is 0 Å². The summed E-state index contributed by atoms with van der Waals surface area (Å²) in [4.78, 5) is 21.6. The molecule has 0 aromatic heterocycles. The normalized spacial score (nSPS) is 27.3. The number of carboxylic acid groups (broad SMARTS) is 2. The van der Waals surface area contributed by atoms with Gasteiger partial charge in [-0.2, -0.15) is 0 Å². The van der Waals surface area contributed by atoms with Crippen LogP contribution >= 0.6 is 0 Å². The Morgan fingerprint density at radius 1 is 0.944 bits per heavy atom. The molecule has 2 atom stereocenters. The first-order chi connectivity index (χ1) is 8.56. The van der Waals surface area contributed by atoms with Crippen molar-refractivity contribution < 1.29 is 29.3 Å². The highest BCUT2D eigenvalue weighted by atomic mass is 16.7. The Morgan fingerprint density at radius 3 is 1.89 bits per heavy atom. The summed E-state index contributed by atoms with van der Waals surface area (Å²) in [6.07, 6.45) is 2.34. The summed E-state index contributed by atoms with van der Waals surface area (Å²) in [5.74, 6) is -2.59. The van der Waals surface area contributed by atoms with E-state index in [0.717, 1.165) is 25.7 Å². The van der Waals surface area contributed by atoms with Crippen LogP contribution in [0.2, 0.25) is 0 Å². The van der Waals surface area contributed by atoms with E-state index in [1.165, 1.54) is 6.42 Å². The number of rotatable bonds is 8. The fourth-order valence-electron chi connectivity index (χ4n) is 1.93. The highest BCUT2D eigenvalue weighted by Crippen LogP contribution is 2.23. The van der Waals surface area contributed by atoms with Gasteiger partial charge in [-0.25, -0.2) is 9.59 Å². The van der Waals surface area contributed by atoms with Crippen molar-refractivity contribution in [2.75, 3.05) is 0 Å². The summed E-state index contributed by atoms with van der Waals surface area (Å²) in [6.45, 7) is 2.12. The van der Waals surface area contributed by atoms with E-state index in [1.54, 1.807) is 0 Å². The smallest absolute Gasteiger partial charge is 0.336 e. The lowest BCUT2D eigenvalue weighted by Gasteiger charge is -2.08. The third-order valence-electron chi connectivity index (χ3n) is 2.90. The Labute approximate surface area is 106 Å². The first-order valence-electron chi connectivity index (χ1n) is 6.32. The zero-order valence-corrected chi connectivity index (χ0v) is 10.5. The third kappa shape index (κ3) is 4.27. The van der Waals surface area contributed by atoms with Crippen LogP contribution in [-0.4, -0.2) is 40.6 Å². The molecule has 0 spiro atoms. The van der Waals surface area contributed by atoms with Crippen molar-refractivity contribution in [1.29, 1.82) is 0 Å². The summed E-state index contributed by atoms with van der Waals surface area (Å²) in [7, 11) is 0. The SMILES string of the molecule is CCCCCCCC1OC(C(=O)O)C(C(=O)O)O1. The monoisotopic (exact) mass is 260 g/mol. The molecule has 0 aliphatic carbocycles. The van der Waals surface area contributed by atoms with E-state index in [-0.39, 0.29) is 0 Å². The molecule has 0 saturated carbocycles. The molecule has 0 aromatic carbocycles. The Morgan fingerprint density at radius 2 is 1.44 bits per heavy atom. The van der Waals surface area contributed by atoms with Gasteiger partial charge in [-0.3, -0.25) is 0 Å². The van der Waals surface area contributed by atoms with Crippen molar-refractivity contribution in [2.45, 2.75) is 63.9 Å². The van der Waals surface area contributed by atoms with Crippen LogP contribution in [0.1, 0.15) is 45.4 Å². The predicted octanol–water partition coefficient (Wildman–Crippen LogP) is 1.63. The van der Waals surface area contributed by atoms with Gasteiger partial charge in [-0.05, 0) is 12.8 Å². The second-order valence-electron chi connectivity index (χ2n) is 4.42. The molecule has 2 N–H and O–H groups in total. The molecule has 0 bridgehead atoms. The zero-order chi connectivity index (χ0) is 13.5. The van der Waals surface area contributed by atoms with Crippen LogP contribution in [-0.2, 0) is 19.1 Å². The molecule has 0 aromatic rings. The quantitative estimate of drug-likeness (QED) is 0.644. The number of ether oxygens (including phenoxy) is 2. The van der Waals surface area contributed by atoms with Gasteiger partial charge in [0.05, 0.1) is 0 Å². The molecule has 6 heteroatoms. The van der Waals surface area contributed by atoms with E-state index >= 15 is 0 Å². The second kappa shape index (κ2) is 7.33. The largest absolute Gasteiger partial charge is 0.479 e. The summed E-state index contributed by atoms with van der Waals surface area (Å²) in [5.41, 5.74) is 0. The fraction of sp³-hybridized carbons (Fsp3) is 0.833. The lowest BCUT2D eigenvalue weighted by atomic mass is 10.1. The molecule has 1 aliphatic rings. The maximum Gasteiger partial charge on any atom is 0.336 e. The van der Waals surface area contributed by atoms with Crippen LogP contribution in [0.15, 0.2) is 0 Å². The molecule has 0 amide bonds. The van der Waals surface area contributed by atoms with Crippen LogP contribution in [0, 0.1) is 0 Å². The number of hydrogen-bond acceptors (Lipinski definition) is 4. The van der Waals surface area contributed by atoms with Gasteiger partial charge in [0, 0.05) is 0 Å². The lowest BCUT2D eigenvalue weighted by Crippen LogP contribution is -2.36. The molecule has 1 heterocycles. The first-order valence-corrected chi connectivity index (χ1v) is 6.32. The van der Waals surface area contributed by atoms with E-state index in [0.29, 0.717) is 6.42 Å². The molecule has 1 saturated heterocycles. The molecule has 18 heavy (non-hydrogen) atoms. The van der Waals surface area contributed by atoms with E-state index < -0.39 is 30.4 Å². The Hall–Kier alpha value is -1.14. The van der Waals surface area contributed by atoms with Crippen LogP contribution in [0.25, 0.3) is 0 Å². The van der Waals surface area contributed by atoms with Crippen molar-refractivity contribution in [3.05, 3.63) is 0 Å². The van der Waals surface area contributed by atoms with Crippen molar-refractivity contribution in [2.24, 2.45) is 0 Å². The molecule has 0 radical (unpaired) electrons. The predicted molar refractivity (Wildman–Crippen MR) is 62.2 cm³/mol. The van der Waals surface area contributed by atoms with E-state index in [2.05, 4.69) is 6.92 Å². The minimum Gasteiger partial charge on any atom is -0.479 e. The molecule has 104 valence electrons.